The van der Waals surface area contributed by atoms with Crippen LogP contribution in [0, 0.1) is 0 Å². The molecule has 1 saturated heterocycles. The van der Waals surface area contributed by atoms with Crippen LogP contribution in [0.3, 0.4) is 0 Å². The normalized spacial score (nSPS) is 18.5. The molecule has 1 N–H and O–H groups in total. The second-order valence-corrected chi connectivity index (χ2v) is 11.1. The molecule has 1 atom stereocenters. The van der Waals surface area contributed by atoms with Gasteiger partial charge in [-0.2, -0.15) is 0 Å². The third-order valence-corrected chi connectivity index (χ3v) is 8.75. The highest BCUT2D eigenvalue weighted by molar-refractivity contribution is 7.96. The van der Waals surface area contributed by atoms with Crippen molar-refractivity contribution in [3.05, 3.63) is 59.7 Å². The van der Waals surface area contributed by atoms with Crippen molar-refractivity contribution < 1.29 is 26.4 Å². The molecule has 0 aliphatic carbocycles. The Morgan fingerprint density at radius 3 is 2.36 bits per heavy atom. The van der Waals surface area contributed by atoms with Crippen LogP contribution in [0.15, 0.2) is 53.4 Å². The molecule has 1 fully saturated rings. The molecule has 28 heavy (non-hydrogen) atoms. The van der Waals surface area contributed by atoms with Crippen LogP contribution in [-0.4, -0.2) is 45.3 Å². The van der Waals surface area contributed by atoms with E-state index in [9.17, 15) is 26.4 Å². The van der Waals surface area contributed by atoms with E-state index in [2.05, 4.69) is 5.32 Å². The molecular formula is C19H19NO6S2. The Bertz CT molecular complexity index is 1150. The van der Waals surface area contributed by atoms with Crippen LogP contribution in [0.25, 0.3) is 0 Å². The smallest absolute Gasteiger partial charge is 0.255 e. The minimum Gasteiger partial charge on any atom is -0.322 e. The van der Waals surface area contributed by atoms with Gasteiger partial charge in [-0.05, 0) is 43.7 Å². The Hall–Kier alpha value is -2.52. The lowest BCUT2D eigenvalue weighted by molar-refractivity contribution is 0.101. The van der Waals surface area contributed by atoms with Gasteiger partial charge >= 0.3 is 0 Å². The summed E-state index contributed by atoms with van der Waals surface area (Å²) in [6.07, 6.45) is 0.0545. The number of hydrogen-bond acceptors (Lipinski definition) is 6. The van der Waals surface area contributed by atoms with Crippen LogP contribution >= 0.6 is 0 Å². The van der Waals surface area contributed by atoms with Crippen molar-refractivity contribution in [3.8, 4) is 0 Å². The van der Waals surface area contributed by atoms with Crippen LogP contribution < -0.4 is 5.32 Å². The van der Waals surface area contributed by atoms with Gasteiger partial charge in [-0.15, -0.1) is 0 Å². The summed E-state index contributed by atoms with van der Waals surface area (Å²) in [5.74, 6) is -1.22. The van der Waals surface area contributed by atoms with Gasteiger partial charge in [-0.25, -0.2) is 16.8 Å². The van der Waals surface area contributed by atoms with Gasteiger partial charge in [-0.3, -0.25) is 9.59 Å². The SMILES string of the molecule is CC(=O)c1cccc(NC(=O)c2cccc(S(=O)(=O)C3CCS(=O)(=O)C3)c2)c1. The molecule has 7 nitrogen and oxygen atoms in total. The molecule has 1 aliphatic rings. The molecule has 0 spiro atoms. The molecule has 1 aliphatic heterocycles. The van der Waals surface area contributed by atoms with E-state index in [-0.39, 0.29) is 28.4 Å². The van der Waals surface area contributed by atoms with E-state index in [1.54, 1.807) is 18.2 Å². The predicted octanol–water partition coefficient (Wildman–Crippen LogP) is 2.10. The van der Waals surface area contributed by atoms with Gasteiger partial charge in [0.1, 0.15) is 0 Å². The fourth-order valence-electron chi connectivity index (χ4n) is 3.03. The van der Waals surface area contributed by atoms with Crippen molar-refractivity contribution in [2.45, 2.75) is 23.5 Å². The summed E-state index contributed by atoms with van der Waals surface area (Å²) in [5.41, 5.74) is 0.972. The quantitative estimate of drug-likeness (QED) is 0.740. The summed E-state index contributed by atoms with van der Waals surface area (Å²) in [6, 6.07) is 11.9. The molecule has 1 unspecified atom stereocenters. The molecule has 1 heterocycles. The topological polar surface area (TPSA) is 114 Å². The van der Waals surface area contributed by atoms with Crippen molar-refractivity contribution in [1.29, 1.82) is 0 Å². The molecular weight excluding hydrogens is 402 g/mol. The fraction of sp³-hybridized carbons (Fsp3) is 0.263. The summed E-state index contributed by atoms with van der Waals surface area (Å²) < 4.78 is 48.7. The standard InChI is InChI=1S/C19H19NO6S2/c1-13(21)14-4-2-6-16(10-14)20-19(22)15-5-3-7-17(11-15)28(25,26)18-8-9-27(23,24)12-18/h2-7,10-11,18H,8-9,12H2,1H3,(H,20,22). The number of ketones is 1. The second-order valence-electron chi connectivity index (χ2n) is 6.69. The average molecular weight is 421 g/mol. The lowest BCUT2D eigenvalue weighted by atomic mass is 10.1. The first-order valence-corrected chi connectivity index (χ1v) is 11.9. The molecule has 0 radical (unpaired) electrons. The highest BCUT2D eigenvalue weighted by atomic mass is 32.2. The number of hydrogen-bond donors (Lipinski definition) is 1. The molecule has 2 aromatic carbocycles. The van der Waals surface area contributed by atoms with Crippen LogP contribution in [0.5, 0.6) is 0 Å². The van der Waals surface area contributed by atoms with E-state index in [4.69, 9.17) is 0 Å². The zero-order valence-corrected chi connectivity index (χ0v) is 16.7. The fourth-order valence-corrected chi connectivity index (χ4v) is 7.44. The van der Waals surface area contributed by atoms with Gasteiger partial charge < -0.3 is 5.32 Å². The molecule has 3 rings (SSSR count). The highest BCUT2D eigenvalue weighted by Crippen LogP contribution is 2.26. The molecule has 9 heteroatoms. The van der Waals surface area contributed by atoms with Gasteiger partial charge in [-0.1, -0.05) is 18.2 Å². The third-order valence-electron chi connectivity index (χ3n) is 4.58. The van der Waals surface area contributed by atoms with Gasteiger partial charge in [0, 0.05) is 16.8 Å². The van der Waals surface area contributed by atoms with Crippen LogP contribution in [-0.2, 0) is 19.7 Å². The van der Waals surface area contributed by atoms with Crippen molar-refractivity contribution >= 4 is 37.1 Å². The monoisotopic (exact) mass is 421 g/mol. The van der Waals surface area contributed by atoms with Crippen molar-refractivity contribution in [1.82, 2.24) is 0 Å². The number of carbonyl (C=O) groups is 2. The molecule has 1 amide bonds. The Labute approximate surface area is 163 Å². The number of amides is 1. The number of nitrogens with one attached hydrogen (secondary N) is 1. The summed E-state index contributed by atoms with van der Waals surface area (Å²) in [7, 11) is -7.21. The van der Waals surface area contributed by atoms with E-state index in [1.807, 2.05) is 0 Å². The lowest BCUT2D eigenvalue weighted by Gasteiger charge is -2.12. The minimum atomic E-state index is -3.86. The Balaban J connectivity index is 1.84. The predicted molar refractivity (Wildman–Crippen MR) is 105 cm³/mol. The summed E-state index contributed by atoms with van der Waals surface area (Å²) in [6.45, 7) is 1.42. The van der Waals surface area contributed by atoms with Gasteiger partial charge in [0.15, 0.2) is 25.5 Å². The van der Waals surface area contributed by atoms with Crippen molar-refractivity contribution in [2.75, 3.05) is 16.8 Å². The number of anilines is 1. The molecule has 148 valence electrons. The zero-order valence-electron chi connectivity index (χ0n) is 15.1. The van der Waals surface area contributed by atoms with Gasteiger partial charge in [0.2, 0.25) is 0 Å². The van der Waals surface area contributed by atoms with Crippen LogP contribution in [0.4, 0.5) is 5.69 Å². The number of Topliss-reactive ketones (excluding diaryl/α,β-unsaturated/α-hetero) is 1. The molecule has 2 aromatic rings. The first-order chi connectivity index (χ1) is 13.1. The van der Waals surface area contributed by atoms with Gasteiger partial charge in [0.05, 0.1) is 21.7 Å². The average Bonchev–Trinajstić information content (AvgIpc) is 3.02. The van der Waals surface area contributed by atoms with E-state index >= 15 is 0 Å². The summed E-state index contributed by atoms with van der Waals surface area (Å²) in [5, 5.41) is 1.64. The number of benzene rings is 2. The Morgan fingerprint density at radius 2 is 1.71 bits per heavy atom. The maximum Gasteiger partial charge on any atom is 0.255 e. The Kier molecular flexibility index (Phi) is 5.40. The molecule has 0 bridgehead atoms. The highest BCUT2D eigenvalue weighted by Gasteiger charge is 2.38. The molecule has 0 saturated carbocycles. The maximum absolute atomic E-state index is 12.7. The number of rotatable bonds is 5. The third kappa shape index (κ3) is 4.31. The number of carbonyl (C=O) groups excluding carboxylic acids is 2. The first kappa shape index (κ1) is 20.2. The van der Waals surface area contributed by atoms with Crippen molar-refractivity contribution in [3.63, 3.8) is 0 Å². The Morgan fingerprint density at radius 1 is 1.04 bits per heavy atom. The summed E-state index contributed by atoms with van der Waals surface area (Å²) in [4.78, 5) is 23.9. The van der Waals surface area contributed by atoms with Crippen molar-refractivity contribution in [2.24, 2.45) is 0 Å². The molecule has 0 aromatic heterocycles. The number of sulfone groups is 2. The van der Waals surface area contributed by atoms with E-state index in [0.29, 0.717) is 11.3 Å². The summed E-state index contributed by atoms with van der Waals surface area (Å²) >= 11 is 0. The largest absolute Gasteiger partial charge is 0.322 e. The lowest BCUT2D eigenvalue weighted by Crippen LogP contribution is -2.23. The van der Waals surface area contributed by atoms with E-state index in [0.717, 1.165) is 0 Å². The minimum absolute atomic E-state index is 0.0545. The van der Waals surface area contributed by atoms with E-state index < -0.39 is 36.6 Å². The second kappa shape index (κ2) is 7.48. The van der Waals surface area contributed by atoms with E-state index in [1.165, 1.54) is 37.3 Å². The first-order valence-electron chi connectivity index (χ1n) is 8.55. The zero-order chi connectivity index (χ0) is 20.5. The maximum atomic E-state index is 12.7. The van der Waals surface area contributed by atoms with Crippen LogP contribution in [0.1, 0.15) is 34.1 Å². The van der Waals surface area contributed by atoms with Gasteiger partial charge in [0.25, 0.3) is 5.91 Å². The van der Waals surface area contributed by atoms with Crippen LogP contribution in [0.2, 0.25) is 0 Å².